The molecule has 3 aromatic rings. The topological polar surface area (TPSA) is 56.1 Å². The average molecular weight is 434 g/mol. The molecule has 1 aromatic carbocycles. The van der Waals surface area contributed by atoms with Gasteiger partial charge in [0, 0.05) is 44.6 Å². The van der Waals surface area contributed by atoms with Crippen LogP contribution in [0, 0.1) is 12.8 Å². The number of aryl methyl sites for hydroxylation is 1. The summed E-state index contributed by atoms with van der Waals surface area (Å²) in [4.78, 5) is 16.2. The van der Waals surface area contributed by atoms with Crippen molar-refractivity contribution < 1.29 is 14.3 Å². The SMILES string of the molecule is Cc1cccc(C2(C(=O)N3CCOC[C@H](Cc4cccn5nccc45)C3)CCOCC2)c1. The molecule has 2 fully saturated rings. The van der Waals surface area contributed by atoms with Crippen molar-refractivity contribution in [2.75, 3.05) is 39.5 Å². The molecule has 2 aliphatic heterocycles. The number of amides is 1. The first kappa shape index (κ1) is 21.2. The monoisotopic (exact) mass is 433 g/mol. The Balaban J connectivity index is 1.40. The van der Waals surface area contributed by atoms with E-state index in [-0.39, 0.29) is 11.8 Å². The van der Waals surface area contributed by atoms with E-state index in [1.807, 2.05) is 29.0 Å². The highest BCUT2D eigenvalue weighted by molar-refractivity contribution is 5.88. The van der Waals surface area contributed by atoms with E-state index < -0.39 is 5.41 Å². The van der Waals surface area contributed by atoms with E-state index >= 15 is 0 Å². The first-order valence-electron chi connectivity index (χ1n) is 11.6. The number of carbonyl (C=O) groups is 1. The second-order valence-corrected chi connectivity index (χ2v) is 9.15. The summed E-state index contributed by atoms with van der Waals surface area (Å²) in [5, 5.41) is 4.35. The lowest BCUT2D eigenvalue weighted by atomic mass is 9.72. The maximum Gasteiger partial charge on any atom is 0.233 e. The van der Waals surface area contributed by atoms with Gasteiger partial charge in [0.1, 0.15) is 0 Å². The molecule has 0 N–H and O–H groups in total. The molecule has 32 heavy (non-hydrogen) atoms. The number of aromatic nitrogens is 2. The zero-order chi connectivity index (χ0) is 22.0. The van der Waals surface area contributed by atoms with Crippen LogP contribution in [-0.2, 0) is 26.1 Å². The van der Waals surface area contributed by atoms with Crippen LogP contribution in [0.1, 0.15) is 29.5 Å². The molecule has 1 amide bonds. The van der Waals surface area contributed by atoms with Gasteiger partial charge in [-0.25, -0.2) is 4.52 Å². The average Bonchev–Trinajstić information content (AvgIpc) is 3.19. The smallest absolute Gasteiger partial charge is 0.233 e. The molecular formula is C26H31N3O3. The molecule has 5 rings (SSSR count). The molecule has 2 saturated heterocycles. The van der Waals surface area contributed by atoms with Crippen molar-refractivity contribution in [1.29, 1.82) is 0 Å². The molecule has 6 nitrogen and oxygen atoms in total. The number of pyridine rings is 1. The fraction of sp³-hybridized carbons (Fsp3) is 0.462. The van der Waals surface area contributed by atoms with E-state index in [4.69, 9.17) is 9.47 Å². The lowest BCUT2D eigenvalue weighted by molar-refractivity contribution is -0.141. The molecule has 2 aromatic heterocycles. The van der Waals surface area contributed by atoms with E-state index in [2.05, 4.69) is 47.3 Å². The molecule has 1 atom stereocenters. The molecule has 2 aliphatic rings. The highest BCUT2D eigenvalue weighted by Crippen LogP contribution is 2.37. The molecule has 0 unspecified atom stereocenters. The Bertz CT molecular complexity index is 1090. The third-order valence-corrected chi connectivity index (χ3v) is 6.98. The van der Waals surface area contributed by atoms with Crippen molar-refractivity contribution in [1.82, 2.24) is 14.5 Å². The number of hydrogen-bond donors (Lipinski definition) is 0. The largest absolute Gasteiger partial charge is 0.381 e. The van der Waals surface area contributed by atoms with Gasteiger partial charge < -0.3 is 14.4 Å². The Hall–Kier alpha value is -2.70. The van der Waals surface area contributed by atoms with Crippen LogP contribution in [0.5, 0.6) is 0 Å². The van der Waals surface area contributed by atoms with E-state index in [0.29, 0.717) is 39.5 Å². The highest BCUT2D eigenvalue weighted by atomic mass is 16.5. The van der Waals surface area contributed by atoms with Gasteiger partial charge in [0.25, 0.3) is 0 Å². The molecular weight excluding hydrogens is 402 g/mol. The molecule has 0 spiro atoms. The van der Waals surface area contributed by atoms with Crippen LogP contribution in [0.3, 0.4) is 0 Å². The number of ether oxygens (including phenoxy) is 2. The third-order valence-electron chi connectivity index (χ3n) is 6.98. The van der Waals surface area contributed by atoms with Crippen molar-refractivity contribution in [3.05, 3.63) is 71.5 Å². The number of hydrogen-bond acceptors (Lipinski definition) is 4. The van der Waals surface area contributed by atoms with Crippen molar-refractivity contribution in [3.8, 4) is 0 Å². The molecule has 0 saturated carbocycles. The lowest BCUT2D eigenvalue weighted by Crippen LogP contribution is -2.51. The van der Waals surface area contributed by atoms with Crippen LogP contribution >= 0.6 is 0 Å². The zero-order valence-corrected chi connectivity index (χ0v) is 18.7. The van der Waals surface area contributed by atoms with Gasteiger partial charge in [-0.05, 0) is 49.4 Å². The first-order chi connectivity index (χ1) is 15.7. The summed E-state index contributed by atoms with van der Waals surface area (Å²) in [6, 6.07) is 14.7. The van der Waals surface area contributed by atoms with Crippen LogP contribution in [0.25, 0.3) is 5.52 Å². The summed E-state index contributed by atoms with van der Waals surface area (Å²) in [7, 11) is 0. The minimum Gasteiger partial charge on any atom is -0.381 e. The number of benzene rings is 1. The maximum atomic E-state index is 14.1. The van der Waals surface area contributed by atoms with Gasteiger partial charge >= 0.3 is 0 Å². The first-order valence-corrected chi connectivity index (χ1v) is 11.6. The fourth-order valence-electron chi connectivity index (χ4n) is 5.28. The molecule has 168 valence electrons. The van der Waals surface area contributed by atoms with Crippen molar-refractivity contribution in [3.63, 3.8) is 0 Å². The molecule has 6 heteroatoms. The van der Waals surface area contributed by atoms with Crippen LogP contribution < -0.4 is 0 Å². The molecule has 0 radical (unpaired) electrons. The summed E-state index contributed by atoms with van der Waals surface area (Å²) >= 11 is 0. The fourth-order valence-corrected chi connectivity index (χ4v) is 5.28. The Morgan fingerprint density at radius 3 is 2.84 bits per heavy atom. The van der Waals surface area contributed by atoms with Crippen LogP contribution in [0.2, 0.25) is 0 Å². The van der Waals surface area contributed by atoms with Crippen LogP contribution in [-0.4, -0.2) is 59.9 Å². The van der Waals surface area contributed by atoms with Gasteiger partial charge in [-0.2, -0.15) is 5.10 Å². The van der Waals surface area contributed by atoms with Crippen molar-refractivity contribution in [2.45, 2.75) is 31.6 Å². The van der Waals surface area contributed by atoms with E-state index in [9.17, 15) is 4.79 Å². The minimum absolute atomic E-state index is 0.226. The third kappa shape index (κ3) is 4.05. The van der Waals surface area contributed by atoms with E-state index in [1.54, 1.807) is 0 Å². The Labute approximate surface area is 189 Å². The highest BCUT2D eigenvalue weighted by Gasteiger charge is 2.44. The van der Waals surface area contributed by atoms with Gasteiger partial charge in [0.05, 0.1) is 24.1 Å². The second-order valence-electron chi connectivity index (χ2n) is 9.15. The lowest BCUT2D eigenvalue weighted by Gasteiger charge is -2.40. The summed E-state index contributed by atoms with van der Waals surface area (Å²) in [5.74, 6) is 0.474. The zero-order valence-electron chi connectivity index (χ0n) is 18.7. The number of carbonyl (C=O) groups excluding carboxylic acids is 1. The Kier molecular flexibility index (Phi) is 5.98. The molecule has 0 aliphatic carbocycles. The van der Waals surface area contributed by atoms with Gasteiger partial charge in [0.15, 0.2) is 0 Å². The number of nitrogens with zero attached hydrogens (tertiary/aromatic N) is 3. The molecule has 0 bridgehead atoms. The Morgan fingerprint density at radius 2 is 2.00 bits per heavy atom. The van der Waals surface area contributed by atoms with Crippen LogP contribution in [0.15, 0.2) is 54.9 Å². The van der Waals surface area contributed by atoms with Gasteiger partial charge in [-0.1, -0.05) is 35.9 Å². The predicted octanol–water partition coefficient (Wildman–Crippen LogP) is 3.41. The Morgan fingerprint density at radius 1 is 1.12 bits per heavy atom. The summed E-state index contributed by atoms with van der Waals surface area (Å²) in [5.41, 5.74) is 4.16. The maximum absolute atomic E-state index is 14.1. The van der Waals surface area contributed by atoms with Crippen LogP contribution in [0.4, 0.5) is 0 Å². The number of rotatable bonds is 4. The summed E-state index contributed by atoms with van der Waals surface area (Å²) in [6.45, 7) is 5.93. The van der Waals surface area contributed by atoms with Gasteiger partial charge in [0.2, 0.25) is 5.91 Å². The van der Waals surface area contributed by atoms with E-state index in [1.165, 1.54) is 11.1 Å². The van der Waals surface area contributed by atoms with Crippen molar-refractivity contribution in [2.24, 2.45) is 5.92 Å². The van der Waals surface area contributed by atoms with Crippen molar-refractivity contribution >= 4 is 11.4 Å². The minimum atomic E-state index is -0.509. The standard InChI is InChI=1S/C26H31N3O3/c1-20-4-2-6-23(16-20)26(8-13-31-14-9-26)25(30)28-12-15-32-19-21(18-28)17-22-5-3-11-29-24(22)7-10-27-29/h2-7,10-11,16,21H,8-9,12-15,17-19H2,1H3/t21-/m1/s1. The number of fused-ring (bicyclic) bond motifs is 1. The van der Waals surface area contributed by atoms with Gasteiger partial charge in [-0.3, -0.25) is 4.79 Å². The van der Waals surface area contributed by atoms with E-state index in [0.717, 1.165) is 30.3 Å². The normalized spacial score (nSPS) is 21.4. The predicted molar refractivity (Wildman–Crippen MR) is 123 cm³/mol. The quantitative estimate of drug-likeness (QED) is 0.633. The summed E-state index contributed by atoms with van der Waals surface area (Å²) in [6.07, 6.45) is 6.11. The second kappa shape index (κ2) is 9.04. The summed E-state index contributed by atoms with van der Waals surface area (Å²) < 4.78 is 13.5. The van der Waals surface area contributed by atoms with Gasteiger partial charge in [-0.15, -0.1) is 0 Å². The molecule has 4 heterocycles.